The summed E-state index contributed by atoms with van der Waals surface area (Å²) in [5.74, 6) is 0.550. The first-order valence-electron chi connectivity index (χ1n) is 7.09. The Kier molecular flexibility index (Phi) is 10.0. The maximum atomic E-state index is 8.99. The Balaban J connectivity index is 1.85. The van der Waals surface area contributed by atoms with Gasteiger partial charge in [0, 0.05) is 6.61 Å². The second kappa shape index (κ2) is 11.8. The minimum atomic E-state index is -0.110. The van der Waals surface area contributed by atoms with Crippen LogP contribution in [0.3, 0.4) is 0 Å². The van der Waals surface area contributed by atoms with Crippen LogP contribution in [0, 0.1) is 0 Å². The Morgan fingerprint density at radius 2 is 1.70 bits per heavy atom. The molecule has 0 saturated carbocycles. The topological polar surface area (TPSA) is 78.6 Å². The number of hydrogen-bond acceptors (Lipinski definition) is 6. The summed E-state index contributed by atoms with van der Waals surface area (Å²) < 4.78 is 17.8. The Hall–Kier alpha value is -1.02. The van der Waals surface area contributed by atoms with E-state index >= 15 is 0 Å². The molecule has 1 aromatic rings. The minimum absolute atomic E-state index is 0.110. The highest BCUT2D eigenvalue weighted by molar-refractivity contribution is 4.80. The lowest BCUT2D eigenvalue weighted by molar-refractivity contribution is 0.0121. The van der Waals surface area contributed by atoms with E-state index in [2.05, 4.69) is 17.0 Å². The average molecular weight is 287 g/mol. The van der Waals surface area contributed by atoms with Gasteiger partial charge < -0.3 is 19.3 Å². The number of aromatic nitrogens is 3. The average Bonchev–Trinajstić information content (AvgIpc) is 2.92. The molecule has 1 N–H and O–H groups in total. The van der Waals surface area contributed by atoms with Gasteiger partial charge in [0.15, 0.2) is 5.82 Å². The van der Waals surface area contributed by atoms with Crippen molar-refractivity contribution in [1.29, 1.82) is 0 Å². The highest BCUT2D eigenvalue weighted by atomic mass is 16.5. The van der Waals surface area contributed by atoms with E-state index in [0.717, 1.165) is 19.4 Å². The van der Waals surface area contributed by atoms with E-state index < -0.39 is 0 Å². The summed E-state index contributed by atoms with van der Waals surface area (Å²) in [5.41, 5.74) is 0. The van der Waals surface area contributed by atoms with Gasteiger partial charge in [0.2, 0.25) is 0 Å². The van der Waals surface area contributed by atoms with Crippen LogP contribution in [0.5, 0.6) is 0 Å². The number of hydrogen-bond donors (Lipinski definition) is 1. The van der Waals surface area contributed by atoms with Gasteiger partial charge in [0.05, 0.1) is 39.6 Å². The number of aliphatic hydroxyl groups is 1. The van der Waals surface area contributed by atoms with E-state index in [9.17, 15) is 0 Å². The summed E-state index contributed by atoms with van der Waals surface area (Å²) in [6.45, 7) is 6.27. The molecule has 1 heterocycles. The summed E-state index contributed by atoms with van der Waals surface area (Å²) >= 11 is 0. The fraction of sp³-hybridized carbons (Fsp3) is 0.846. The third kappa shape index (κ3) is 7.54. The van der Waals surface area contributed by atoms with Crippen molar-refractivity contribution < 1.29 is 19.3 Å². The van der Waals surface area contributed by atoms with Gasteiger partial charge in [-0.25, -0.2) is 9.67 Å². The van der Waals surface area contributed by atoms with Crippen molar-refractivity contribution in [1.82, 2.24) is 14.8 Å². The quantitative estimate of drug-likeness (QED) is 0.536. The van der Waals surface area contributed by atoms with Crippen LogP contribution in [-0.4, -0.2) is 59.5 Å². The van der Waals surface area contributed by atoms with Crippen molar-refractivity contribution in [3.63, 3.8) is 0 Å². The molecular weight excluding hydrogens is 262 g/mol. The third-order valence-electron chi connectivity index (χ3n) is 2.67. The molecule has 1 aromatic heterocycles. The first-order valence-corrected chi connectivity index (χ1v) is 7.09. The molecule has 0 aromatic carbocycles. The highest BCUT2D eigenvalue weighted by Crippen LogP contribution is 1.93. The maximum Gasteiger partial charge on any atom is 0.152 e. The van der Waals surface area contributed by atoms with E-state index in [1.165, 1.54) is 6.33 Å². The van der Waals surface area contributed by atoms with E-state index in [-0.39, 0.29) is 6.61 Å². The number of unbranched alkanes of at least 4 members (excludes halogenated alkanes) is 1. The van der Waals surface area contributed by atoms with Crippen molar-refractivity contribution >= 4 is 0 Å². The van der Waals surface area contributed by atoms with Crippen molar-refractivity contribution in [2.45, 2.75) is 32.9 Å². The van der Waals surface area contributed by atoms with Crippen LogP contribution in [0.4, 0.5) is 0 Å². The predicted octanol–water partition coefficient (Wildman–Crippen LogP) is 0.620. The van der Waals surface area contributed by atoms with E-state index in [1.807, 2.05) is 0 Å². The van der Waals surface area contributed by atoms with E-state index in [1.54, 1.807) is 4.68 Å². The number of rotatable bonds is 13. The smallest absolute Gasteiger partial charge is 0.152 e. The monoisotopic (exact) mass is 287 g/mol. The second-order valence-corrected chi connectivity index (χ2v) is 4.25. The molecule has 7 heteroatoms. The van der Waals surface area contributed by atoms with Gasteiger partial charge in [0.1, 0.15) is 12.9 Å². The molecule has 0 bridgehead atoms. The fourth-order valence-electron chi connectivity index (χ4n) is 1.54. The van der Waals surface area contributed by atoms with Crippen LogP contribution in [0.25, 0.3) is 0 Å². The van der Waals surface area contributed by atoms with Gasteiger partial charge in [0.25, 0.3) is 0 Å². The molecule has 0 saturated heterocycles. The molecule has 0 aliphatic rings. The number of nitrogens with zero attached hydrogens (tertiary/aromatic N) is 3. The summed E-state index contributed by atoms with van der Waals surface area (Å²) in [5, 5.41) is 13.0. The fourth-order valence-corrected chi connectivity index (χ4v) is 1.54. The Bertz CT molecular complexity index is 333. The van der Waals surface area contributed by atoms with Crippen LogP contribution >= 0.6 is 0 Å². The third-order valence-corrected chi connectivity index (χ3v) is 2.67. The Morgan fingerprint density at radius 1 is 1.05 bits per heavy atom. The Labute approximate surface area is 119 Å². The molecule has 20 heavy (non-hydrogen) atoms. The molecule has 0 amide bonds. The lowest BCUT2D eigenvalue weighted by Crippen LogP contribution is -2.14. The number of aliphatic hydroxyl groups excluding tert-OH is 1. The zero-order chi connectivity index (χ0) is 14.5. The minimum Gasteiger partial charge on any atom is -0.388 e. The van der Waals surface area contributed by atoms with Gasteiger partial charge in [-0.1, -0.05) is 13.3 Å². The molecule has 7 nitrogen and oxygen atoms in total. The summed E-state index contributed by atoms with van der Waals surface area (Å²) in [6.07, 6.45) is 3.67. The molecule has 0 aliphatic heterocycles. The van der Waals surface area contributed by atoms with Gasteiger partial charge >= 0.3 is 0 Å². The predicted molar refractivity (Wildman–Crippen MR) is 73.3 cm³/mol. The van der Waals surface area contributed by atoms with Crippen molar-refractivity contribution in [2.75, 3.05) is 39.6 Å². The van der Waals surface area contributed by atoms with Gasteiger partial charge in [-0.05, 0) is 6.42 Å². The maximum absolute atomic E-state index is 8.99. The standard InChI is InChI=1S/C13H25N3O4/c1-2-3-5-18-7-9-20-10-8-19-6-4-16-13(11-17)14-12-15-16/h12,17H,2-11H2,1H3. The molecule has 0 radical (unpaired) electrons. The summed E-state index contributed by atoms with van der Waals surface area (Å²) in [6, 6.07) is 0. The SMILES string of the molecule is CCCCOCCOCCOCCn1ncnc1CO. The normalized spacial score (nSPS) is 11.1. The van der Waals surface area contributed by atoms with Crippen LogP contribution in [0.15, 0.2) is 6.33 Å². The van der Waals surface area contributed by atoms with Crippen molar-refractivity contribution in [2.24, 2.45) is 0 Å². The van der Waals surface area contributed by atoms with Gasteiger partial charge in [-0.3, -0.25) is 0 Å². The number of ether oxygens (including phenoxy) is 3. The Morgan fingerprint density at radius 3 is 2.35 bits per heavy atom. The molecule has 0 unspecified atom stereocenters. The largest absolute Gasteiger partial charge is 0.388 e. The molecule has 0 fully saturated rings. The van der Waals surface area contributed by atoms with Crippen LogP contribution in [0.1, 0.15) is 25.6 Å². The van der Waals surface area contributed by atoms with Crippen LogP contribution in [-0.2, 0) is 27.4 Å². The lowest BCUT2D eigenvalue weighted by atomic mass is 10.4. The van der Waals surface area contributed by atoms with Crippen molar-refractivity contribution in [3.05, 3.63) is 12.2 Å². The molecule has 0 spiro atoms. The summed E-state index contributed by atoms with van der Waals surface area (Å²) in [4.78, 5) is 3.91. The first-order chi connectivity index (χ1) is 9.88. The second-order valence-electron chi connectivity index (χ2n) is 4.25. The highest BCUT2D eigenvalue weighted by Gasteiger charge is 2.01. The van der Waals surface area contributed by atoms with Crippen LogP contribution in [0.2, 0.25) is 0 Å². The molecule has 116 valence electrons. The van der Waals surface area contributed by atoms with Crippen molar-refractivity contribution in [3.8, 4) is 0 Å². The molecule has 0 atom stereocenters. The molecule has 0 aliphatic carbocycles. The van der Waals surface area contributed by atoms with E-state index in [0.29, 0.717) is 45.4 Å². The summed E-state index contributed by atoms with van der Waals surface area (Å²) in [7, 11) is 0. The lowest BCUT2D eigenvalue weighted by Gasteiger charge is -2.07. The first kappa shape index (κ1) is 17.0. The van der Waals surface area contributed by atoms with Crippen LogP contribution < -0.4 is 0 Å². The van der Waals surface area contributed by atoms with E-state index in [4.69, 9.17) is 19.3 Å². The zero-order valence-corrected chi connectivity index (χ0v) is 12.2. The molecule has 1 rings (SSSR count). The van der Waals surface area contributed by atoms with Gasteiger partial charge in [-0.15, -0.1) is 0 Å². The van der Waals surface area contributed by atoms with Gasteiger partial charge in [-0.2, -0.15) is 5.10 Å². The zero-order valence-electron chi connectivity index (χ0n) is 12.2. The molecular formula is C13H25N3O4.